The van der Waals surface area contributed by atoms with Crippen LogP contribution in [0.25, 0.3) is 22.4 Å². The summed E-state index contributed by atoms with van der Waals surface area (Å²) in [7, 11) is 0. The molecule has 4 nitrogen and oxygen atoms in total. The number of nitrogens with two attached hydrogens (primary N) is 1. The molecule has 2 aromatic heterocycles. The van der Waals surface area contributed by atoms with Crippen LogP contribution in [0.1, 0.15) is 0 Å². The van der Waals surface area contributed by atoms with Gasteiger partial charge in [0, 0.05) is 15.9 Å². The second kappa shape index (κ2) is 3.28. The third kappa shape index (κ3) is 1.35. The number of nitrogen functional groups attached to an aromatic ring is 1. The number of hydrogen-bond acceptors (Lipinski definition) is 3. The molecule has 0 saturated carbocycles. The van der Waals surface area contributed by atoms with Gasteiger partial charge in [0.1, 0.15) is 5.69 Å². The molecule has 0 spiro atoms. The molecule has 0 fully saturated rings. The van der Waals surface area contributed by atoms with Crippen molar-refractivity contribution in [3.63, 3.8) is 0 Å². The van der Waals surface area contributed by atoms with Gasteiger partial charge in [-0.1, -0.05) is 22.8 Å². The number of nitrogens with one attached hydrogen (secondary N) is 1. The minimum atomic E-state index is 0.512. The van der Waals surface area contributed by atoms with Crippen LogP contribution in [0.15, 0.2) is 35.0 Å². The Balaban J connectivity index is 2.23. The summed E-state index contributed by atoms with van der Waals surface area (Å²) in [6.07, 6.45) is 1.48. The SMILES string of the molecule is Nc1cnoc1-c1cc2ccc(Cl)cc2[nH]1. The topological polar surface area (TPSA) is 67.8 Å². The van der Waals surface area contributed by atoms with E-state index in [4.69, 9.17) is 21.9 Å². The van der Waals surface area contributed by atoms with Crippen molar-refractivity contribution in [3.05, 3.63) is 35.5 Å². The molecule has 0 aliphatic rings. The summed E-state index contributed by atoms with van der Waals surface area (Å²) in [6, 6.07) is 7.57. The van der Waals surface area contributed by atoms with Gasteiger partial charge in [-0.2, -0.15) is 0 Å². The van der Waals surface area contributed by atoms with Gasteiger partial charge in [0.2, 0.25) is 5.76 Å². The predicted molar refractivity (Wildman–Crippen MR) is 63.2 cm³/mol. The lowest BCUT2D eigenvalue weighted by molar-refractivity contribution is 0.431. The van der Waals surface area contributed by atoms with E-state index >= 15 is 0 Å². The molecule has 3 N–H and O–H groups in total. The number of hydrogen-bond donors (Lipinski definition) is 2. The van der Waals surface area contributed by atoms with Crippen molar-refractivity contribution >= 4 is 28.2 Å². The maximum absolute atomic E-state index is 5.90. The van der Waals surface area contributed by atoms with E-state index in [9.17, 15) is 0 Å². The Morgan fingerprint density at radius 2 is 2.19 bits per heavy atom. The maximum Gasteiger partial charge on any atom is 0.205 e. The molecule has 5 heteroatoms. The predicted octanol–water partition coefficient (Wildman–Crippen LogP) is 3.06. The second-order valence-electron chi connectivity index (χ2n) is 3.52. The van der Waals surface area contributed by atoms with Crippen molar-refractivity contribution in [1.82, 2.24) is 10.1 Å². The first-order chi connectivity index (χ1) is 7.74. The molecule has 0 bridgehead atoms. The van der Waals surface area contributed by atoms with Crippen LogP contribution < -0.4 is 5.73 Å². The summed E-state index contributed by atoms with van der Waals surface area (Å²) in [4.78, 5) is 3.18. The fraction of sp³-hybridized carbons (Fsp3) is 0. The largest absolute Gasteiger partial charge is 0.394 e. The Labute approximate surface area is 96.0 Å². The van der Waals surface area contributed by atoms with Crippen LogP contribution in [-0.4, -0.2) is 10.1 Å². The van der Waals surface area contributed by atoms with Crippen LogP contribution in [0.2, 0.25) is 5.02 Å². The van der Waals surface area contributed by atoms with E-state index < -0.39 is 0 Å². The molecule has 2 heterocycles. The van der Waals surface area contributed by atoms with Crippen LogP contribution in [0.3, 0.4) is 0 Å². The summed E-state index contributed by atoms with van der Waals surface area (Å²) in [5.41, 5.74) is 7.97. The highest BCUT2D eigenvalue weighted by atomic mass is 35.5. The van der Waals surface area contributed by atoms with Gasteiger partial charge in [-0.3, -0.25) is 0 Å². The lowest BCUT2D eigenvalue weighted by atomic mass is 10.2. The van der Waals surface area contributed by atoms with Gasteiger partial charge in [0.25, 0.3) is 0 Å². The standard InChI is InChI=1S/C11H8ClN3O/c12-7-2-1-6-3-10(15-9(6)4-7)11-8(13)5-14-16-11/h1-5,15H,13H2. The Morgan fingerprint density at radius 3 is 2.94 bits per heavy atom. The molecule has 0 aliphatic heterocycles. The lowest BCUT2D eigenvalue weighted by Crippen LogP contribution is -1.83. The highest BCUT2D eigenvalue weighted by Gasteiger charge is 2.10. The van der Waals surface area contributed by atoms with E-state index in [1.165, 1.54) is 6.20 Å². The molecule has 0 saturated heterocycles. The molecule has 3 rings (SSSR count). The van der Waals surface area contributed by atoms with Crippen LogP contribution in [0, 0.1) is 0 Å². The van der Waals surface area contributed by atoms with Crippen molar-refractivity contribution in [2.75, 3.05) is 5.73 Å². The molecule has 3 aromatic rings. The van der Waals surface area contributed by atoms with E-state index in [0.29, 0.717) is 16.5 Å². The number of rotatable bonds is 1. The van der Waals surface area contributed by atoms with Gasteiger partial charge >= 0.3 is 0 Å². The van der Waals surface area contributed by atoms with Gasteiger partial charge < -0.3 is 15.2 Å². The Kier molecular flexibility index (Phi) is 1.91. The number of H-pyrrole nitrogens is 1. The molecule has 16 heavy (non-hydrogen) atoms. The van der Waals surface area contributed by atoms with Crippen molar-refractivity contribution in [1.29, 1.82) is 0 Å². The smallest absolute Gasteiger partial charge is 0.205 e. The van der Waals surface area contributed by atoms with Crippen LogP contribution in [0.4, 0.5) is 5.69 Å². The van der Waals surface area contributed by atoms with Crippen LogP contribution >= 0.6 is 11.6 Å². The average molecular weight is 234 g/mol. The minimum absolute atomic E-state index is 0.512. The molecule has 80 valence electrons. The summed E-state index contributed by atoms with van der Waals surface area (Å²) < 4.78 is 5.07. The molecule has 0 radical (unpaired) electrons. The average Bonchev–Trinajstić information content (AvgIpc) is 2.82. The molecule has 1 aromatic carbocycles. The van der Waals surface area contributed by atoms with Crippen molar-refractivity contribution in [2.24, 2.45) is 0 Å². The minimum Gasteiger partial charge on any atom is -0.394 e. The van der Waals surface area contributed by atoms with Crippen molar-refractivity contribution < 1.29 is 4.52 Å². The van der Waals surface area contributed by atoms with E-state index in [2.05, 4.69) is 10.1 Å². The number of nitrogens with zero attached hydrogens (tertiary/aromatic N) is 1. The van der Waals surface area contributed by atoms with E-state index in [1.54, 1.807) is 0 Å². The molecule has 0 amide bonds. The van der Waals surface area contributed by atoms with E-state index in [1.807, 2.05) is 24.3 Å². The van der Waals surface area contributed by atoms with E-state index in [0.717, 1.165) is 16.6 Å². The third-order valence-electron chi connectivity index (χ3n) is 2.43. The fourth-order valence-corrected chi connectivity index (χ4v) is 1.85. The third-order valence-corrected chi connectivity index (χ3v) is 2.66. The molecular formula is C11H8ClN3O. The van der Waals surface area contributed by atoms with Gasteiger partial charge in [-0.05, 0) is 18.2 Å². The Bertz CT molecular complexity index is 656. The van der Waals surface area contributed by atoms with Crippen LogP contribution in [-0.2, 0) is 0 Å². The fourth-order valence-electron chi connectivity index (χ4n) is 1.67. The molecule has 0 aliphatic carbocycles. The zero-order valence-electron chi connectivity index (χ0n) is 8.20. The summed E-state index contributed by atoms with van der Waals surface area (Å²) in [5, 5.41) is 5.38. The first-order valence-corrected chi connectivity index (χ1v) is 5.10. The number of halogens is 1. The van der Waals surface area contributed by atoms with E-state index in [-0.39, 0.29) is 0 Å². The number of fused-ring (bicyclic) bond motifs is 1. The Hall–Kier alpha value is -1.94. The second-order valence-corrected chi connectivity index (χ2v) is 3.96. The lowest BCUT2D eigenvalue weighted by Gasteiger charge is -1.91. The zero-order chi connectivity index (χ0) is 11.1. The number of benzene rings is 1. The number of aromatic amines is 1. The first kappa shape index (κ1) is 9.30. The number of anilines is 1. The van der Waals surface area contributed by atoms with Gasteiger partial charge in [-0.25, -0.2) is 0 Å². The first-order valence-electron chi connectivity index (χ1n) is 4.73. The number of aromatic nitrogens is 2. The highest BCUT2D eigenvalue weighted by molar-refractivity contribution is 6.31. The maximum atomic E-state index is 5.90. The normalized spacial score (nSPS) is 11.1. The van der Waals surface area contributed by atoms with Gasteiger partial charge in [0.15, 0.2) is 0 Å². The quantitative estimate of drug-likeness (QED) is 0.679. The van der Waals surface area contributed by atoms with Gasteiger partial charge in [0.05, 0.1) is 11.9 Å². The van der Waals surface area contributed by atoms with Crippen molar-refractivity contribution in [3.8, 4) is 11.5 Å². The van der Waals surface area contributed by atoms with Crippen LogP contribution in [0.5, 0.6) is 0 Å². The highest BCUT2D eigenvalue weighted by Crippen LogP contribution is 2.29. The summed E-state index contributed by atoms with van der Waals surface area (Å²) >= 11 is 5.90. The zero-order valence-corrected chi connectivity index (χ0v) is 8.95. The van der Waals surface area contributed by atoms with Gasteiger partial charge in [-0.15, -0.1) is 0 Å². The van der Waals surface area contributed by atoms with Crippen molar-refractivity contribution in [2.45, 2.75) is 0 Å². The summed E-state index contributed by atoms with van der Waals surface area (Å²) in [5.74, 6) is 0.548. The molecule has 0 atom stereocenters. The Morgan fingerprint density at radius 1 is 1.31 bits per heavy atom. The molecular weight excluding hydrogens is 226 g/mol. The molecule has 0 unspecified atom stereocenters. The monoisotopic (exact) mass is 233 g/mol. The summed E-state index contributed by atoms with van der Waals surface area (Å²) in [6.45, 7) is 0.